The summed E-state index contributed by atoms with van der Waals surface area (Å²) in [5, 5.41) is 0.569. The summed E-state index contributed by atoms with van der Waals surface area (Å²) < 4.78 is 11.9. The Morgan fingerprint density at radius 3 is 2.29 bits per heavy atom. The van der Waals surface area contributed by atoms with E-state index < -0.39 is 0 Å². The number of carbonyl (C=O) groups is 1. The summed E-state index contributed by atoms with van der Waals surface area (Å²) in [4.78, 5) is 31.4. The number of fused-ring (bicyclic) bond motifs is 2. The van der Waals surface area contributed by atoms with Crippen molar-refractivity contribution < 1.29 is 14.3 Å². The monoisotopic (exact) mass is 501 g/mol. The van der Waals surface area contributed by atoms with E-state index in [4.69, 9.17) is 14.5 Å². The molecule has 2 heterocycles. The van der Waals surface area contributed by atoms with Crippen LogP contribution < -0.4 is 14.4 Å². The molecule has 0 spiro atoms. The van der Waals surface area contributed by atoms with Gasteiger partial charge in [0.05, 0.1) is 31.4 Å². The quantitative estimate of drug-likeness (QED) is 0.329. The number of thiazole rings is 1. The molecular formula is C24H28ClN5O3S. The number of hydrogen-bond donors (Lipinski definition) is 0. The summed E-state index contributed by atoms with van der Waals surface area (Å²) in [6.07, 6.45) is 1.53. The Kier molecular flexibility index (Phi) is 8.60. The van der Waals surface area contributed by atoms with E-state index in [1.54, 1.807) is 19.1 Å². The van der Waals surface area contributed by atoms with Crippen LogP contribution in [0.2, 0.25) is 0 Å². The minimum absolute atomic E-state index is 0. The fourth-order valence-corrected chi connectivity index (χ4v) is 4.75. The Morgan fingerprint density at radius 2 is 1.62 bits per heavy atom. The molecule has 2 aromatic carbocycles. The molecule has 8 nitrogen and oxygen atoms in total. The number of amides is 1. The number of methoxy groups -OCH3 is 2. The highest BCUT2D eigenvalue weighted by Crippen LogP contribution is 2.40. The van der Waals surface area contributed by atoms with E-state index >= 15 is 0 Å². The molecule has 0 atom stereocenters. The maximum absolute atomic E-state index is 13.7. The topological polar surface area (TPSA) is 80.7 Å². The Labute approximate surface area is 208 Å². The van der Waals surface area contributed by atoms with E-state index in [0.717, 1.165) is 23.3 Å². The van der Waals surface area contributed by atoms with Gasteiger partial charge in [0.25, 0.3) is 5.91 Å². The van der Waals surface area contributed by atoms with Gasteiger partial charge < -0.3 is 14.4 Å². The number of likely N-dealkylation sites (N-methyl/N-ethyl adjacent to an activating group) is 1. The molecule has 1 amide bonds. The minimum atomic E-state index is -0.239. The first-order chi connectivity index (χ1) is 16.1. The van der Waals surface area contributed by atoms with E-state index in [-0.39, 0.29) is 24.0 Å². The van der Waals surface area contributed by atoms with Crippen LogP contribution in [-0.2, 0) is 0 Å². The van der Waals surface area contributed by atoms with Crippen molar-refractivity contribution in [3.05, 3.63) is 48.3 Å². The number of hydrogen-bond acceptors (Lipinski definition) is 8. The van der Waals surface area contributed by atoms with E-state index in [9.17, 15) is 4.79 Å². The Hall–Kier alpha value is -3.01. The zero-order valence-electron chi connectivity index (χ0n) is 19.6. The van der Waals surface area contributed by atoms with Gasteiger partial charge in [-0.3, -0.25) is 14.7 Å². The van der Waals surface area contributed by atoms with E-state index in [2.05, 4.69) is 28.7 Å². The van der Waals surface area contributed by atoms with Crippen LogP contribution in [0.15, 0.2) is 42.6 Å². The number of carbonyl (C=O) groups excluding carboxylic acids is 1. The average Bonchev–Trinajstić information content (AvgIpc) is 3.30. The second-order valence-electron chi connectivity index (χ2n) is 7.37. The van der Waals surface area contributed by atoms with Crippen molar-refractivity contribution in [2.24, 2.45) is 0 Å². The van der Waals surface area contributed by atoms with Gasteiger partial charge in [0.2, 0.25) is 0 Å². The maximum Gasteiger partial charge on any atom is 0.280 e. The highest BCUT2D eigenvalue weighted by molar-refractivity contribution is 7.22. The molecule has 0 aliphatic carbocycles. The van der Waals surface area contributed by atoms with Gasteiger partial charge in [-0.2, -0.15) is 0 Å². The van der Waals surface area contributed by atoms with Crippen LogP contribution >= 0.6 is 23.7 Å². The molecular weight excluding hydrogens is 474 g/mol. The second-order valence-corrected chi connectivity index (χ2v) is 8.35. The molecule has 0 N–H and O–H groups in total. The van der Waals surface area contributed by atoms with Crippen molar-refractivity contribution in [3.63, 3.8) is 0 Å². The highest BCUT2D eigenvalue weighted by atomic mass is 35.5. The smallest absolute Gasteiger partial charge is 0.280 e. The van der Waals surface area contributed by atoms with Gasteiger partial charge in [0, 0.05) is 13.1 Å². The average molecular weight is 502 g/mol. The van der Waals surface area contributed by atoms with Gasteiger partial charge in [-0.05, 0) is 37.4 Å². The van der Waals surface area contributed by atoms with Crippen LogP contribution in [0.3, 0.4) is 0 Å². The molecule has 0 fully saturated rings. The molecule has 0 unspecified atom stereocenters. The van der Waals surface area contributed by atoms with Gasteiger partial charge in [0.1, 0.15) is 27.4 Å². The third-order valence-corrected chi connectivity index (χ3v) is 6.67. The van der Waals surface area contributed by atoms with Crippen molar-refractivity contribution in [1.29, 1.82) is 0 Å². The number of ether oxygens (including phenoxy) is 2. The second kappa shape index (κ2) is 11.4. The summed E-state index contributed by atoms with van der Waals surface area (Å²) in [6.45, 7) is 7.20. The van der Waals surface area contributed by atoms with Crippen molar-refractivity contribution in [1.82, 2.24) is 19.9 Å². The van der Waals surface area contributed by atoms with Crippen molar-refractivity contribution in [3.8, 4) is 11.5 Å². The first-order valence-corrected chi connectivity index (χ1v) is 11.7. The van der Waals surface area contributed by atoms with Gasteiger partial charge >= 0.3 is 0 Å². The SMILES string of the molecule is CCN(CC)CCN(C(=O)c1cnc2ccccc2n1)c1nc2c(OC)ccc(OC)c2s1.Cl. The van der Waals surface area contributed by atoms with Crippen molar-refractivity contribution in [2.75, 3.05) is 45.3 Å². The molecule has 10 heteroatoms. The lowest BCUT2D eigenvalue weighted by atomic mass is 10.3. The van der Waals surface area contributed by atoms with Crippen molar-refractivity contribution in [2.45, 2.75) is 13.8 Å². The normalized spacial score (nSPS) is 11.0. The van der Waals surface area contributed by atoms with Crippen molar-refractivity contribution >= 4 is 56.0 Å². The molecule has 0 aliphatic heterocycles. The van der Waals surface area contributed by atoms with Crippen LogP contribution in [0.1, 0.15) is 24.3 Å². The molecule has 34 heavy (non-hydrogen) atoms. The third-order valence-electron chi connectivity index (χ3n) is 5.58. The van der Waals surface area contributed by atoms with Crippen LogP contribution in [0.4, 0.5) is 5.13 Å². The molecule has 4 rings (SSSR count). The number of nitrogens with zero attached hydrogens (tertiary/aromatic N) is 5. The van der Waals surface area contributed by atoms with Crippen LogP contribution in [0.5, 0.6) is 11.5 Å². The number of benzene rings is 2. The molecule has 0 saturated carbocycles. The Morgan fingerprint density at radius 1 is 0.941 bits per heavy atom. The zero-order valence-corrected chi connectivity index (χ0v) is 21.3. The van der Waals surface area contributed by atoms with E-state index in [1.807, 2.05) is 36.4 Å². The number of aromatic nitrogens is 3. The fourth-order valence-electron chi connectivity index (χ4n) is 3.65. The number of rotatable bonds is 9. The van der Waals surface area contributed by atoms with E-state index in [1.165, 1.54) is 17.5 Å². The third kappa shape index (κ3) is 5.06. The summed E-state index contributed by atoms with van der Waals surface area (Å²) in [7, 11) is 3.23. The first kappa shape index (κ1) is 25.6. The molecule has 0 radical (unpaired) electrons. The lowest BCUT2D eigenvalue weighted by Gasteiger charge is -2.24. The lowest BCUT2D eigenvalue weighted by Crippen LogP contribution is -2.39. The molecule has 0 aliphatic rings. The number of anilines is 1. The minimum Gasteiger partial charge on any atom is -0.495 e. The molecule has 0 bridgehead atoms. The van der Waals surface area contributed by atoms with Crippen LogP contribution in [0.25, 0.3) is 21.3 Å². The largest absolute Gasteiger partial charge is 0.495 e. The first-order valence-electron chi connectivity index (χ1n) is 10.9. The predicted octanol–water partition coefficient (Wildman–Crippen LogP) is 4.67. The van der Waals surface area contributed by atoms with Crippen LogP contribution in [-0.4, -0.2) is 66.2 Å². The molecule has 4 aromatic rings. The number of para-hydroxylation sites is 2. The molecule has 0 saturated heterocycles. The highest BCUT2D eigenvalue weighted by Gasteiger charge is 2.25. The molecule has 2 aromatic heterocycles. The predicted molar refractivity (Wildman–Crippen MR) is 139 cm³/mol. The summed E-state index contributed by atoms with van der Waals surface area (Å²) in [6, 6.07) is 11.2. The maximum atomic E-state index is 13.7. The van der Waals surface area contributed by atoms with Crippen LogP contribution in [0, 0.1) is 0 Å². The van der Waals surface area contributed by atoms with Gasteiger partial charge in [-0.1, -0.05) is 37.3 Å². The van der Waals surface area contributed by atoms with Gasteiger partial charge in [-0.15, -0.1) is 12.4 Å². The summed E-state index contributed by atoms with van der Waals surface area (Å²) >= 11 is 1.40. The Bertz CT molecular complexity index is 1240. The summed E-state index contributed by atoms with van der Waals surface area (Å²) in [5.41, 5.74) is 2.38. The van der Waals surface area contributed by atoms with Gasteiger partial charge in [0.15, 0.2) is 5.13 Å². The molecule has 180 valence electrons. The van der Waals surface area contributed by atoms with E-state index in [0.29, 0.717) is 40.8 Å². The fraction of sp³-hybridized carbons (Fsp3) is 0.333. The zero-order chi connectivity index (χ0) is 23.4. The standard InChI is InChI=1S/C24H27N5O3S.ClH/c1-5-28(6-2)13-14-29(23(30)18-15-25-16-9-7-8-10-17(16)26-18)24-27-21-19(31-3)11-12-20(32-4)22(21)33-24;/h7-12,15H,5-6,13-14H2,1-4H3;1H. The van der Waals surface area contributed by atoms with Gasteiger partial charge in [-0.25, -0.2) is 9.97 Å². The number of halogens is 1. The Balaban J connectivity index is 0.00000324. The summed E-state index contributed by atoms with van der Waals surface area (Å²) in [5.74, 6) is 1.09. The lowest BCUT2D eigenvalue weighted by molar-refractivity contribution is 0.0979.